The first-order valence-electron chi connectivity index (χ1n) is 6.07. The van der Waals surface area contributed by atoms with E-state index in [1.807, 2.05) is 24.3 Å². The van der Waals surface area contributed by atoms with Gasteiger partial charge in [0.25, 0.3) is 6.01 Å². The fourth-order valence-corrected chi connectivity index (χ4v) is 2.28. The highest BCUT2D eigenvalue weighted by Gasteiger charge is 2.03. The summed E-state index contributed by atoms with van der Waals surface area (Å²) >= 11 is 1.74. The summed E-state index contributed by atoms with van der Waals surface area (Å²) in [5.74, 6) is 0. The number of hydrogen-bond donors (Lipinski definition) is 1. The van der Waals surface area contributed by atoms with Gasteiger partial charge in [0.1, 0.15) is 5.52 Å². The predicted molar refractivity (Wildman–Crippen MR) is 79.6 cm³/mol. The van der Waals surface area contributed by atoms with Crippen molar-refractivity contribution in [2.24, 2.45) is 0 Å². The van der Waals surface area contributed by atoms with Crippen LogP contribution in [-0.4, -0.2) is 11.2 Å². The fraction of sp³-hybridized carbons (Fsp3) is 0.133. The molecule has 0 radical (unpaired) electrons. The van der Waals surface area contributed by atoms with E-state index in [0.29, 0.717) is 12.6 Å². The van der Waals surface area contributed by atoms with Crippen LogP contribution in [0, 0.1) is 0 Å². The molecule has 3 nitrogen and oxygen atoms in total. The molecule has 0 atom stereocenters. The van der Waals surface area contributed by atoms with E-state index in [1.165, 1.54) is 10.5 Å². The third kappa shape index (κ3) is 2.74. The van der Waals surface area contributed by atoms with Crippen LogP contribution < -0.4 is 5.32 Å². The second-order valence-corrected chi connectivity index (χ2v) is 5.07. The molecule has 0 saturated heterocycles. The van der Waals surface area contributed by atoms with Crippen LogP contribution in [0.2, 0.25) is 0 Å². The largest absolute Gasteiger partial charge is 0.424 e. The van der Waals surface area contributed by atoms with Gasteiger partial charge in [-0.2, -0.15) is 4.98 Å². The summed E-state index contributed by atoms with van der Waals surface area (Å²) in [5, 5.41) is 3.20. The Balaban J connectivity index is 1.70. The van der Waals surface area contributed by atoms with Crippen molar-refractivity contribution >= 4 is 28.9 Å². The van der Waals surface area contributed by atoms with Crippen LogP contribution in [-0.2, 0) is 6.54 Å². The van der Waals surface area contributed by atoms with Crippen molar-refractivity contribution in [1.29, 1.82) is 0 Å². The number of fused-ring (bicyclic) bond motifs is 1. The molecule has 4 heteroatoms. The molecule has 0 aliphatic carbocycles. The lowest BCUT2D eigenvalue weighted by atomic mass is 10.2. The van der Waals surface area contributed by atoms with E-state index in [-0.39, 0.29) is 0 Å². The van der Waals surface area contributed by atoms with Crippen molar-refractivity contribution in [2.45, 2.75) is 11.4 Å². The summed E-state index contributed by atoms with van der Waals surface area (Å²) in [5.41, 5.74) is 2.89. The van der Waals surface area contributed by atoms with Gasteiger partial charge in [-0.3, -0.25) is 0 Å². The predicted octanol–water partition coefficient (Wildman–Crippen LogP) is 4.16. The van der Waals surface area contributed by atoms with Gasteiger partial charge in [-0.15, -0.1) is 11.8 Å². The molecule has 96 valence electrons. The van der Waals surface area contributed by atoms with Crippen LogP contribution in [0.5, 0.6) is 0 Å². The number of hydrogen-bond acceptors (Lipinski definition) is 4. The van der Waals surface area contributed by atoms with Gasteiger partial charge in [-0.05, 0) is 36.1 Å². The van der Waals surface area contributed by atoms with Crippen molar-refractivity contribution in [2.75, 3.05) is 11.6 Å². The number of rotatable bonds is 4. The molecule has 0 saturated carbocycles. The third-order valence-corrected chi connectivity index (χ3v) is 3.64. The number of nitrogens with one attached hydrogen (secondary N) is 1. The molecule has 0 spiro atoms. The van der Waals surface area contributed by atoms with E-state index in [9.17, 15) is 0 Å². The molecule has 19 heavy (non-hydrogen) atoms. The molecule has 3 aromatic rings. The molecular formula is C15H14N2OS. The Morgan fingerprint density at radius 2 is 1.89 bits per heavy atom. The summed E-state index contributed by atoms with van der Waals surface area (Å²) in [6.07, 6.45) is 2.07. The third-order valence-electron chi connectivity index (χ3n) is 2.90. The highest BCUT2D eigenvalue weighted by molar-refractivity contribution is 7.98. The van der Waals surface area contributed by atoms with Crippen LogP contribution >= 0.6 is 11.8 Å². The molecule has 0 bridgehead atoms. The standard InChI is InChI=1S/C15H14N2OS/c1-19-12-8-6-11(7-9-12)10-16-15-17-13-4-2-3-5-14(13)18-15/h2-9H,10H2,1H3,(H,16,17). The van der Waals surface area contributed by atoms with Gasteiger partial charge < -0.3 is 9.73 Å². The van der Waals surface area contributed by atoms with E-state index in [2.05, 4.69) is 40.8 Å². The number of anilines is 1. The maximum atomic E-state index is 5.61. The SMILES string of the molecule is CSc1ccc(CNc2nc3ccccc3o2)cc1. The summed E-state index contributed by atoms with van der Waals surface area (Å²) in [7, 11) is 0. The van der Waals surface area contributed by atoms with Crippen molar-refractivity contribution < 1.29 is 4.42 Å². The monoisotopic (exact) mass is 270 g/mol. The summed E-state index contributed by atoms with van der Waals surface area (Å²) in [4.78, 5) is 5.65. The lowest BCUT2D eigenvalue weighted by Gasteiger charge is -2.02. The van der Waals surface area contributed by atoms with Crippen molar-refractivity contribution in [3.05, 3.63) is 54.1 Å². The van der Waals surface area contributed by atoms with Crippen LogP contribution in [0.4, 0.5) is 6.01 Å². The van der Waals surface area contributed by atoms with Gasteiger partial charge in [0.05, 0.1) is 0 Å². The maximum Gasteiger partial charge on any atom is 0.295 e. The molecular weight excluding hydrogens is 256 g/mol. The van der Waals surface area contributed by atoms with Gasteiger partial charge in [0, 0.05) is 11.4 Å². The second kappa shape index (κ2) is 5.36. The minimum absolute atomic E-state index is 0.565. The Morgan fingerprint density at radius 3 is 2.63 bits per heavy atom. The van der Waals surface area contributed by atoms with Crippen molar-refractivity contribution in [3.8, 4) is 0 Å². The highest BCUT2D eigenvalue weighted by Crippen LogP contribution is 2.19. The van der Waals surface area contributed by atoms with Crippen molar-refractivity contribution in [3.63, 3.8) is 0 Å². The quantitative estimate of drug-likeness (QED) is 0.722. The number of nitrogens with zero attached hydrogens (tertiary/aromatic N) is 1. The Kier molecular flexibility index (Phi) is 3.42. The van der Waals surface area contributed by atoms with E-state index in [4.69, 9.17) is 4.42 Å². The average Bonchev–Trinajstić information content (AvgIpc) is 2.88. The zero-order chi connectivity index (χ0) is 13.1. The van der Waals surface area contributed by atoms with E-state index < -0.39 is 0 Å². The summed E-state index contributed by atoms with van der Waals surface area (Å²) in [6.45, 7) is 0.710. The van der Waals surface area contributed by atoms with Gasteiger partial charge >= 0.3 is 0 Å². The normalized spacial score (nSPS) is 10.8. The summed E-state index contributed by atoms with van der Waals surface area (Å²) < 4.78 is 5.61. The molecule has 1 heterocycles. The Bertz CT molecular complexity index is 643. The molecule has 0 aliphatic heterocycles. The smallest absolute Gasteiger partial charge is 0.295 e. The van der Waals surface area contributed by atoms with Gasteiger partial charge in [-0.25, -0.2) is 0 Å². The minimum atomic E-state index is 0.565. The fourth-order valence-electron chi connectivity index (χ4n) is 1.87. The molecule has 0 aliphatic rings. The molecule has 0 amide bonds. The molecule has 1 aromatic heterocycles. The molecule has 1 N–H and O–H groups in total. The van der Waals surface area contributed by atoms with E-state index >= 15 is 0 Å². The first kappa shape index (κ1) is 12.1. The molecule has 0 unspecified atom stereocenters. The Hall–Kier alpha value is -1.94. The second-order valence-electron chi connectivity index (χ2n) is 4.19. The highest BCUT2D eigenvalue weighted by atomic mass is 32.2. The van der Waals surface area contributed by atoms with E-state index in [1.54, 1.807) is 11.8 Å². The van der Waals surface area contributed by atoms with Gasteiger partial charge in [0.2, 0.25) is 0 Å². The Labute approximate surface area is 116 Å². The van der Waals surface area contributed by atoms with E-state index in [0.717, 1.165) is 11.1 Å². The van der Waals surface area contributed by atoms with Gasteiger partial charge in [-0.1, -0.05) is 24.3 Å². The van der Waals surface area contributed by atoms with Gasteiger partial charge in [0.15, 0.2) is 5.58 Å². The first-order valence-corrected chi connectivity index (χ1v) is 7.30. The van der Waals surface area contributed by atoms with Crippen LogP contribution in [0.25, 0.3) is 11.1 Å². The minimum Gasteiger partial charge on any atom is -0.424 e. The molecule has 2 aromatic carbocycles. The number of para-hydroxylation sites is 2. The average molecular weight is 270 g/mol. The zero-order valence-electron chi connectivity index (χ0n) is 10.6. The zero-order valence-corrected chi connectivity index (χ0v) is 11.4. The lowest BCUT2D eigenvalue weighted by Crippen LogP contribution is -1.99. The van der Waals surface area contributed by atoms with Crippen LogP contribution in [0.1, 0.15) is 5.56 Å². The number of thioether (sulfide) groups is 1. The lowest BCUT2D eigenvalue weighted by molar-refractivity contribution is 0.614. The number of aromatic nitrogens is 1. The molecule has 3 rings (SSSR count). The summed E-state index contributed by atoms with van der Waals surface area (Å²) in [6, 6.07) is 16.8. The number of oxazole rings is 1. The van der Waals surface area contributed by atoms with Crippen LogP contribution in [0.3, 0.4) is 0 Å². The first-order chi connectivity index (χ1) is 9.35. The number of benzene rings is 2. The van der Waals surface area contributed by atoms with Crippen molar-refractivity contribution in [1.82, 2.24) is 4.98 Å². The van der Waals surface area contributed by atoms with Crippen LogP contribution in [0.15, 0.2) is 57.8 Å². The Morgan fingerprint density at radius 1 is 1.11 bits per heavy atom. The maximum absolute atomic E-state index is 5.61. The topological polar surface area (TPSA) is 38.1 Å². The molecule has 0 fully saturated rings.